The molecule has 2 heterocycles. The number of amides is 1. The molecule has 168 valence electrons. The molecule has 1 aliphatic heterocycles. The fourth-order valence-corrected chi connectivity index (χ4v) is 4.44. The van der Waals surface area contributed by atoms with E-state index in [1.165, 1.54) is 37.1 Å². The van der Waals surface area contributed by atoms with Crippen LogP contribution in [0.25, 0.3) is 0 Å². The van der Waals surface area contributed by atoms with Gasteiger partial charge in [0.25, 0.3) is 0 Å². The van der Waals surface area contributed by atoms with Crippen LogP contribution in [0.3, 0.4) is 0 Å². The van der Waals surface area contributed by atoms with E-state index >= 15 is 0 Å². The summed E-state index contributed by atoms with van der Waals surface area (Å²) in [6, 6.07) is 13.3. The molecule has 3 aromatic rings. The zero-order chi connectivity index (χ0) is 22.3. The Kier molecular flexibility index (Phi) is 7.49. The van der Waals surface area contributed by atoms with Crippen LogP contribution in [0.4, 0.5) is 14.5 Å². The van der Waals surface area contributed by atoms with Gasteiger partial charge >= 0.3 is 0 Å². The molecule has 0 aliphatic carbocycles. The van der Waals surface area contributed by atoms with Crippen LogP contribution in [-0.4, -0.2) is 44.4 Å². The molecule has 0 radical (unpaired) electrons. The topological polar surface area (TPSA) is 63.1 Å². The van der Waals surface area contributed by atoms with Gasteiger partial charge in [0, 0.05) is 11.8 Å². The summed E-state index contributed by atoms with van der Waals surface area (Å²) in [4.78, 5) is 14.7. The molecule has 4 rings (SSSR count). The van der Waals surface area contributed by atoms with Crippen LogP contribution in [0.2, 0.25) is 0 Å². The van der Waals surface area contributed by atoms with Crippen molar-refractivity contribution in [2.24, 2.45) is 0 Å². The molecule has 0 spiro atoms. The molecule has 1 fully saturated rings. The van der Waals surface area contributed by atoms with Gasteiger partial charge in [-0.1, -0.05) is 48.5 Å². The zero-order valence-corrected chi connectivity index (χ0v) is 18.5. The number of rotatable bonds is 8. The third-order valence-corrected chi connectivity index (χ3v) is 6.29. The number of benzene rings is 2. The predicted molar refractivity (Wildman–Crippen MR) is 120 cm³/mol. The second-order valence-corrected chi connectivity index (χ2v) is 8.72. The molecular formula is C23H25F2N5OS. The van der Waals surface area contributed by atoms with E-state index in [-0.39, 0.29) is 17.3 Å². The molecular weight excluding hydrogens is 432 g/mol. The molecule has 0 saturated carbocycles. The van der Waals surface area contributed by atoms with Crippen molar-refractivity contribution in [2.45, 2.75) is 37.5 Å². The van der Waals surface area contributed by atoms with Gasteiger partial charge in [0.1, 0.15) is 5.82 Å². The van der Waals surface area contributed by atoms with Gasteiger partial charge in [-0.3, -0.25) is 9.69 Å². The number of carbonyl (C=O) groups is 1. The van der Waals surface area contributed by atoms with E-state index < -0.39 is 11.6 Å². The SMILES string of the molecule is O=C(CSc1nnc(CN2CCCCC2)n1Cc1ccccc1)Nc1ccc(F)c(F)c1. The maximum Gasteiger partial charge on any atom is 0.234 e. The van der Waals surface area contributed by atoms with E-state index in [2.05, 4.69) is 37.1 Å². The Balaban J connectivity index is 1.45. The van der Waals surface area contributed by atoms with Gasteiger partial charge in [-0.25, -0.2) is 8.78 Å². The summed E-state index contributed by atoms with van der Waals surface area (Å²) in [6.07, 6.45) is 3.65. The smallest absolute Gasteiger partial charge is 0.234 e. The van der Waals surface area contributed by atoms with E-state index in [9.17, 15) is 13.6 Å². The zero-order valence-electron chi connectivity index (χ0n) is 17.6. The van der Waals surface area contributed by atoms with Crippen molar-refractivity contribution < 1.29 is 13.6 Å². The number of aromatic nitrogens is 3. The number of piperidine rings is 1. The van der Waals surface area contributed by atoms with E-state index in [4.69, 9.17) is 0 Å². The lowest BCUT2D eigenvalue weighted by Crippen LogP contribution is -2.30. The number of nitrogens with zero attached hydrogens (tertiary/aromatic N) is 4. The third-order valence-electron chi connectivity index (χ3n) is 5.33. The second kappa shape index (κ2) is 10.7. The van der Waals surface area contributed by atoms with E-state index in [1.54, 1.807) is 0 Å². The summed E-state index contributed by atoms with van der Waals surface area (Å²) in [5, 5.41) is 12.0. The molecule has 32 heavy (non-hydrogen) atoms. The van der Waals surface area contributed by atoms with Gasteiger partial charge in [0.15, 0.2) is 16.8 Å². The summed E-state index contributed by atoms with van der Waals surface area (Å²) in [7, 11) is 0. The Hall–Kier alpha value is -2.78. The summed E-state index contributed by atoms with van der Waals surface area (Å²) in [5.74, 6) is -1.32. The highest BCUT2D eigenvalue weighted by atomic mass is 32.2. The van der Waals surface area contributed by atoms with Crippen LogP contribution in [0, 0.1) is 11.6 Å². The third kappa shape index (κ3) is 5.92. The number of carbonyl (C=O) groups excluding carboxylic acids is 1. The van der Waals surface area contributed by atoms with Crippen molar-refractivity contribution in [3.63, 3.8) is 0 Å². The fourth-order valence-electron chi connectivity index (χ4n) is 3.69. The fraction of sp³-hybridized carbons (Fsp3) is 0.348. The molecule has 0 unspecified atom stereocenters. The Labute approximate surface area is 190 Å². The van der Waals surface area contributed by atoms with Crippen molar-refractivity contribution in [3.8, 4) is 0 Å². The molecule has 1 amide bonds. The van der Waals surface area contributed by atoms with Crippen LogP contribution < -0.4 is 5.32 Å². The van der Waals surface area contributed by atoms with Gasteiger partial charge in [-0.15, -0.1) is 10.2 Å². The Morgan fingerprint density at radius 2 is 1.75 bits per heavy atom. The summed E-state index contributed by atoms with van der Waals surface area (Å²) >= 11 is 1.27. The monoisotopic (exact) mass is 457 g/mol. The van der Waals surface area contributed by atoms with Crippen LogP contribution in [0.15, 0.2) is 53.7 Å². The van der Waals surface area contributed by atoms with Crippen molar-refractivity contribution in [2.75, 3.05) is 24.2 Å². The first-order chi connectivity index (χ1) is 15.6. The molecule has 1 aromatic heterocycles. The van der Waals surface area contributed by atoms with Crippen LogP contribution in [0.1, 0.15) is 30.7 Å². The lowest BCUT2D eigenvalue weighted by Gasteiger charge is -2.26. The maximum atomic E-state index is 13.4. The number of halogens is 2. The highest BCUT2D eigenvalue weighted by molar-refractivity contribution is 7.99. The largest absolute Gasteiger partial charge is 0.325 e. The van der Waals surface area contributed by atoms with E-state index in [0.717, 1.165) is 43.2 Å². The highest BCUT2D eigenvalue weighted by Gasteiger charge is 2.19. The predicted octanol–water partition coefficient (Wildman–Crippen LogP) is 4.32. The molecule has 1 aliphatic rings. The summed E-state index contributed by atoms with van der Waals surface area (Å²) < 4.78 is 28.5. The lowest BCUT2D eigenvalue weighted by atomic mass is 10.1. The van der Waals surface area contributed by atoms with E-state index in [1.807, 2.05) is 18.2 Å². The molecule has 9 heteroatoms. The number of hydrogen-bond acceptors (Lipinski definition) is 5. The second-order valence-electron chi connectivity index (χ2n) is 7.77. The van der Waals surface area contributed by atoms with Crippen molar-refractivity contribution in [1.82, 2.24) is 19.7 Å². The Morgan fingerprint density at radius 3 is 2.50 bits per heavy atom. The van der Waals surface area contributed by atoms with Crippen molar-refractivity contribution in [1.29, 1.82) is 0 Å². The van der Waals surface area contributed by atoms with Gasteiger partial charge < -0.3 is 9.88 Å². The first-order valence-electron chi connectivity index (χ1n) is 10.6. The van der Waals surface area contributed by atoms with Crippen LogP contribution >= 0.6 is 11.8 Å². The normalized spacial score (nSPS) is 14.4. The first kappa shape index (κ1) is 22.4. The molecule has 2 aromatic carbocycles. The Bertz CT molecular complexity index is 1050. The average molecular weight is 458 g/mol. The molecule has 0 bridgehead atoms. The van der Waals surface area contributed by atoms with Gasteiger partial charge in [-0.2, -0.15) is 0 Å². The van der Waals surface area contributed by atoms with Gasteiger partial charge in [-0.05, 0) is 43.6 Å². The Morgan fingerprint density at radius 1 is 0.969 bits per heavy atom. The average Bonchev–Trinajstić information content (AvgIpc) is 3.17. The minimum atomic E-state index is -1.000. The number of thioether (sulfide) groups is 1. The molecule has 6 nitrogen and oxygen atoms in total. The quantitative estimate of drug-likeness (QED) is 0.511. The van der Waals surface area contributed by atoms with Crippen LogP contribution in [0.5, 0.6) is 0 Å². The molecule has 1 saturated heterocycles. The van der Waals surface area contributed by atoms with Crippen LogP contribution in [-0.2, 0) is 17.9 Å². The first-order valence-corrected chi connectivity index (χ1v) is 11.6. The highest BCUT2D eigenvalue weighted by Crippen LogP contribution is 2.22. The maximum absolute atomic E-state index is 13.4. The van der Waals surface area contributed by atoms with Crippen molar-refractivity contribution in [3.05, 3.63) is 71.6 Å². The number of anilines is 1. The number of nitrogens with one attached hydrogen (secondary N) is 1. The van der Waals surface area contributed by atoms with Gasteiger partial charge in [0.2, 0.25) is 5.91 Å². The molecule has 0 atom stereocenters. The standard InChI is InChI=1S/C23H25F2N5OS/c24-19-10-9-18(13-20(19)25)26-22(31)16-32-23-28-27-21(15-29-11-5-2-6-12-29)30(23)14-17-7-3-1-4-8-17/h1,3-4,7-10,13H,2,5-6,11-12,14-16H2,(H,26,31). The number of likely N-dealkylation sites (tertiary alicyclic amines) is 1. The minimum Gasteiger partial charge on any atom is -0.325 e. The lowest BCUT2D eigenvalue weighted by molar-refractivity contribution is -0.113. The van der Waals surface area contributed by atoms with E-state index in [0.29, 0.717) is 11.7 Å². The van der Waals surface area contributed by atoms with Crippen molar-refractivity contribution >= 4 is 23.4 Å². The summed E-state index contributed by atoms with van der Waals surface area (Å²) in [5.41, 5.74) is 1.34. The molecule has 1 N–H and O–H groups in total. The van der Waals surface area contributed by atoms with Gasteiger partial charge in [0.05, 0.1) is 18.8 Å². The minimum absolute atomic E-state index is 0.0790. The summed E-state index contributed by atoms with van der Waals surface area (Å²) in [6.45, 7) is 3.44. The number of hydrogen-bond donors (Lipinski definition) is 1.